The normalized spacial score (nSPS) is 18.9. The Bertz CT molecular complexity index is 1760. The molecule has 1 saturated carbocycles. The average Bonchev–Trinajstić information content (AvgIpc) is 3.80. The fourth-order valence-corrected chi connectivity index (χ4v) is 5.86. The fraction of sp³-hybridized carbons (Fsp3) is 0.438. The Hall–Kier alpha value is -4.43. The highest BCUT2D eigenvalue weighted by atomic mass is 35.5. The lowest BCUT2D eigenvalue weighted by molar-refractivity contribution is -0.147. The number of halogens is 3. The molecule has 12 nitrogen and oxygen atoms in total. The molecule has 3 aromatic rings. The molecule has 2 atom stereocenters. The first-order chi connectivity index (χ1) is 22.0. The van der Waals surface area contributed by atoms with Crippen LogP contribution < -0.4 is 25.7 Å². The van der Waals surface area contributed by atoms with E-state index in [9.17, 15) is 28.7 Å². The van der Waals surface area contributed by atoms with Gasteiger partial charge in [-0.2, -0.15) is 0 Å². The monoisotopic (exact) mass is 676 g/mol. The van der Waals surface area contributed by atoms with E-state index >= 15 is 4.39 Å². The Morgan fingerprint density at radius 1 is 1.06 bits per heavy atom. The number of pyridine rings is 1. The molecule has 3 aliphatic rings. The number of aromatic carboxylic acids is 1. The van der Waals surface area contributed by atoms with Crippen molar-refractivity contribution in [2.24, 2.45) is 11.7 Å². The molecule has 47 heavy (non-hydrogen) atoms. The van der Waals surface area contributed by atoms with E-state index in [1.807, 2.05) is 4.90 Å². The van der Waals surface area contributed by atoms with Crippen molar-refractivity contribution in [1.82, 2.24) is 4.57 Å². The Labute approximate surface area is 274 Å². The van der Waals surface area contributed by atoms with Crippen LogP contribution in [0.3, 0.4) is 0 Å². The number of piperidine rings is 1. The molecule has 3 fully saturated rings. The molecule has 2 aliphatic heterocycles. The summed E-state index contributed by atoms with van der Waals surface area (Å²) in [6, 6.07) is 6.21. The molecule has 3 heterocycles. The third kappa shape index (κ3) is 7.13. The van der Waals surface area contributed by atoms with Gasteiger partial charge in [0.05, 0.1) is 30.0 Å². The summed E-state index contributed by atoms with van der Waals surface area (Å²) >= 11 is 0. The number of ether oxygens (including phenoxy) is 3. The van der Waals surface area contributed by atoms with Crippen LogP contribution >= 0.6 is 12.4 Å². The maximum Gasteiger partial charge on any atom is 0.414 e. The molecule has 3 N–H and O–H groups in total. The van der Waals surface area contributed by atoms with E-state index < -0.39 is 47.2 Å². The summed E-state index contributed by atoms with van der Waals surface area (Å²) in [4.78, 5) is 51.5. The van der Waals surface area contributed by atoms with Crippen LogP contribution in [0.25, 0.3) is 10.9 Å². The van der Waals surface area contributed by atoms with Crippen molar-refractivity contribution in [3.8, 4) is 5.75 Å². The van der Waals surface area contributed by atoms with Gasteiger partial charge < -0.3 is 34.5 Å². The maximum atomic E-state index is 15.3. The number of benzene rings is 2. The van der Waals surface area contributed by atoms with Gasteiger partial charge in [-0.15, -0.1) is 12.4 Å². The standard InChI is InChI=1S/C32H34F2N4O8.ClH/c1-17(35)31(42)45-16-21-13-38(32(43)46-21)20-4-5-28(25(34)10-20)44-15-18-6-8-36(9-7-18)27-12-26-22(11-24(27)33)29(39)23(30(40)41)14-37(26)19-2-3-19;/h4-5,10-12,14,17-19,21H,2-3,6-9,13,15-16,35H2,1H3,(H,40,41);1H/t17-,21+;/m0./s1. The number of amides is 1. The van der Waals surface area contributed by atoms with Crippen LogP contribution in [-0.4, -0.2) is 72.7 Å². The van der Waals surface area contributed by atoms with Crippen molar-refractivity contribution >= 4 is 52.7 Å². The molecular weight excluding hydrogens is 642 g/mol. The number of hydrogen-bond donors (Lipinski definition) is 2. The van der Waals surface area contributed by atoms with Crippen molar-refractivity contribution in [1.29, 1.82) is 0 Å². The minimum Gasteiger partial charge on any atom is -0.490 e. The zero-order valence-corrected chi connectivity index (χ0v) is 26.3. The number of fused-ring (bicyclic) bond motifs is 1. The summed E-state index contributed by atoms with van der Waals surface area (Å²) < 4.78 is 48.1. The summed E-state index contributed by atoms with van der Waals surface area (Å²) in [7, 11) is 0. The number of carboxylic acid groups (broad SMARTS) is 1. The van der Waals surface area contributed by atoms with Crippen molar-refractivity contribution in [2.45, 2.75) is 50.8 Å². The average molecular weight is 677 g/mol. The number of carbonyl (C=O) groups is 3. The van der Waals surface area contributed by atoms with Crippen molar-refractivity contribution in [3.63, 3.8) is 0 Å². The second-order valence-electron chi connectivity index (χ2n) is 12.0. The van der Waals surface area contributed by atoms with Gasteiger partial charge in [0.1, 0.15) is 24.0 Å². The van der Waals surface area contributed by atoms with E-state index in [1.165, 1.54) is 30.2 Å². The number of nitrogens with two attached hydrogens (primary N) is 1. The lowest BCUT2D eigenvalue weighted by atomic mass is 9.97. The minimum absolute atomic E-state index is 0. The number of hydrogen-bond acceptors (Lipinski definition) is 9. The zero-order chi connectivity index (χ0) is 32.7. The number of nitrogens with zero attached hydrogens (tertiary/aromatic N) is 3. The summed E-state index contributed by atoms with van der Waals surface area (Å²) in [5, 5.41) is 9.52. The predicted octanol–water partition coefficient (Wildman–Crippen LogP) is 4.25. The highest BCUT2D eigenvalue weighted by Gasteiger charge is 2.34. The van der Waals surface area contributed by atoms with Crippen LogP contribution in [0.4, 0.5) is 25.0 Å². The highest BCUT2D eigenvalue weighted by Crippen LogP contribution is 2.38. The first-order valence-electron chi connectivity index (χ1n) is 15.2. The number of aromatic nitrogens is 1. The largest absolute Gasteiger partial charge is 0.490 e. The van der Waals surface area contributed by atoms with E-state index in [0.29, 0.717) is 37.1 Å². The summed E-state index contributed by atoms with van der Waals surface area (Å²) in [5.41, 5.74) is 5.52. The highest BCUT2D eigenvalue weighted by molar-refractivity contribution is 5.94. The minimum atomic E-state index is -1.34. The molecular formula is C32H35ClF2N4O8. The molecule has 6 rings (SSSR count). The summed E-state index contributed by atoms with van der Waals surface area (Å²) in [6.07, 6.45) is 2.98. The maximum absolute atomic E-state index is 15.3. The summed E-state index contributed by atoms with van der Waals surface area (Å²) in [5.74, 6) is -3.09. The van der Waals surface area contributed by atoms with E-state index in [-0.39, 0.29) is 66.5 Å². The van der Waals surface area contributed by atoms with Crippen molar-refractivity contribution in [2.75, 3.05) is 42.6 Å². The van der Waals surface area contributed by atoms with Gasteiger partial charge in [0.25, 0.3) is 0 Å². The van der Waals surface area contributed by atoms with Crippen LogP contribution in [-0.2, 0) is 14.3 Å². The SMILES string of the molecule is C[C@H](N)C(=O)OC[C@H]1CN(c2ccc(OCC3CCN(c4cc5c(cc4F)c(=O)c(C(=O)O)cn5C4CC4)CC3)c(F)c2)C(=O)O1.Cl. The third-order valence-corrected chi connectivity index (χ3v) is 8.59. The molecule has 15 heteroatoms. The molecule has 2 saturated heterocycles. The zero-order valence-electron chi connectivity index (χ0n) is 25.5. The molecule has 2 aromatic carbocycles. The molecule has 252 valence electrons. The quantitative estimate of drug-likeness (QED) is 0.298. The molecule has 0 radical (unpaired) electrons. The van der Waals surface area contributed by atoms with Gasteiger partial charge in [-0.3, -0.25) is 14.5 Å². The molecule has 0 bridgehead atoms. The molecule has 1 aliphatic carbocycles. The van der Waals surface area contributed by atoms with Gasteiger partial charge in [0.2, 0.25) is 5.43 Å². The van der Waals surface area contributed by atoms with E-state index in [4.69, 9.17) is 19.9 Å². The Balaban J connectivity index is 0.00000433. The Morgan fingerprint density at radius 2 is 1.79 bits per heavy atom. The molecule has 0 unspecified atom stereocenters. The fourth-order valence-electron chi connectivity index (χ4n) is 5.86. The smallest absolute Gasteiger partial charge is 0.414 e. The van der Waals surface area contributed by atoms with Crippen LogP contribution in [0, 0.1) is 17.6 Å². The first kappa shape index (κ1) is 33.9. The summed E-state index contributed by atoms with van der Waals surface area (Å²) in [6.45, 7) is 2.65. The number of carbonyl (C=O) groups excluding carboxylic acids is 2. The number of anilines is 2. The van der Waals surface area contributed by atoms with Gasteiger partial charge in [-0.1, -0.05) is 0 Å². The number of cyclic esters (lactones) is 1. The van der Waals surface area contributed by atoms with Crippen LogP contribution in [0.2, 0.25) is 0 Å². The van der Waals surface area contributed by atoms with Crippen molar-refractivity contribution < 1.29 is 42.5 Å². The van der Waals surface area contributed by atoms with Crippen LogP contribution in [0.1, 0.15) is 49.0 Å². The lowest BCUT2D eigenvalue weighted by Gasteiger charge is -2.34. The lowest BCUT2D eigenvalue weighted by Crippen LogP contribution is -2.36. The van der Waals surface area contributed by atoms with Gasteiger partial charge in [-0.05, 0) is 62.8 Å². The van der Waals surface area contributed by atoms with E-state index in [2.05, 4.69) is 0 Å². The predicted molar refractivity (Wildman–Crippen MR) is 170 cm³/mol. The van der Waals surface area contributed by atoms with Gasteiger partial charge in [0.15, 0.2) is 17.7 Å². The second kappa shape index (κ2) is 13.7. The third-order valence-electron chi connectivity index (χ3n) is 8.59. The Kier molecular flexibility index (Phi) is 9.92. The molecule has 1 amide bonds. The van der Waals surface area contributed by atoms with Gasteiger partial charge in [-0.25, -0.2) is 18.4 Å². The number of esters is 1. The molecule has 0 spiro atoms. The van der Waals surface area contributed by atoms with Crippen molar-refractivity contribution in [3.05, 3.63) is 63.9 Å². The van der Waals surface area contributed by atoms with Crippen LogP contribution in [0.5, 0.6) is 5.75 Å². The number of carboxylic acids is 1. The topological polar surface area (TPSA) is 154 Å². The van der Waals surface area contributed by atoms with E-state index in [1.54, 1.807) is 16.7 Å². The van der Waals surface area contributed by atoms with E-state index in [0.717, 1.165) is 18.9 Å². The molecule has 1 aromatic heterocycles. The number of rotatable bonds is 10. The van der Waals surface area contributed by atoms with Gasteiger partial charge >= 0.3 is 18.0 Å². The first-order valence-corrected chi connectivity index (χ1v) is 15.2. The van der Waals surface area contributed by atoms with Crippen LogP contribution in [0.15, 0.2) is 41.3 Å². The van der Waals surface area contributed by atoms with Gasteiger partial charge in [0, 0.05) is 36.8 Å². The second-order valence-corrected chi connectivity index (χ2v) is 12.0. The Morgan fingerprint density at radius 3 is 2.43 bits per heavy atom.